The van der Waals surface area contributed by atoms with Crippen LogP contribution in [0.2, 0.25) is 0 Å². The van der Waals surface area contributed by atoms with Crippen LogP contribution < -0.4 is 0 Å². The largest absolute Gasteiger partial charge is 0.0873 e. The summed E-state index contributed by atoms with van der Waals surface area (Å²) in [7, 11) is 0. The SMILES string of the molecule is CC(C)=C1CCC=CC1c1c(C)cc(C)c(C)c1C. The molecular weight excluding hydrogens is 228 g/mol. The Labute approximate surface area is 118 Å². The van der Waals surface area contributed by atoms with E-state index in [1.807, 2.05) is 0 Å². The van der Waals surface area contributed by atoms with Gasteiger partial charge in [0, 0.05) is 5.92 Å². The van der Waals surface area contributed by atoms with Gasteiger partial charge in [-0.25, -0.2) is 0 Å². The van der Waals surface area contributed by atoms with Crippen LogP contribution in [0.25, 0.3) is 0 Å². The van der Waals surface area contributed by atoms with Crippen LogP contribution in [0, 0.1) is 27.7 Å². The van der Waals surface area contributed by atoms with E-state index in [2.05, 4.69) is 59.8 Å². The second kappa shape index (κ2) is 5.36. The van der Waals surface area contributed by atoms with Gasteiger partial charge >= 0.3 is 0 Å². The van der Waals surface area contributed by atoms with Crippen LogP contribution in [0.1, 0.15) is 60.4 Å². The molecule has 1 aliphatic rings. The zero-order chi connectivity index (χ0) is 14.2. The van der Waals surface area contributed by atoms with Crippen molar-refractivity contribution in [1.82, 2.24) is 0 Å². The van der Waals surface area contributed by atoms with Gasteiger partial charge in [-0.05, 0) is 82.2 Å². The lowest BCUT2D eigenvalue weighted by Crippen LogP contribution is -2.10. The molecule has 2 rings (SSSR count). The van der Waals surface area contributed by atoms with E-state index in [1.165, 1.54) is 46.2 Å². The molecule has 0 N–H and O–H groups in total. The van der Waals surface area contributed by atoms with Gasteiger partial charge in [-0.1, -0.05) is 29.4 Å². The third-order valence-electron chi connectivity index (χ3n) is 4.65. The normalized spacial score (nSPS) is 18.8. The maximum absolute atomic E-state index is 2.41. The molecule has 0 radical (unpaired) electrons. The van der Waals surface area contributed by atoms with Gasteiger partial charge in [-0.3, -0.25) is 0 Å². The lowest BCUT2D eigenvalue weighted by atomic mass is 9.77. The molecule has 1 aromatic rings. The van der Waals surface area contributed by atoms with Gasteiger partial charge in [0.2, 0.25) is 0 Å². The average Bonchev–Trinajstić information content (AvgIpc) is 2.36. The highest BCUT2D eigenvalue weighted by molar-refractivity contribution is 5.51. The Morgan fingerprint density at radius 3 is 2.32 bits per heavy atom. The Balaban J connectivity index is 2.64. The fourth-order valence-corrected chi connectivity index (χ4v) is 3.36. The summed E-state index contributed by atoms with van der Waals surface area (Å²) in [4.78, 5) is 0. The van der Waals surface area contributed by atoms with Crippen molar-refractivity contribution in [2.45, 2.75) is 60.3 Å². The molecule has 0 amide bonds. The fourth-order valence-electron chi connectivity index (χ4n) is 3.36. The van der Waals surface area contributed by atoms with Crippen molar-refractivity contribution in [2.75, 3.05) is 0 Å². The van der Waals surface area contributed by atoms with Crippen LogP contribution in [-0.4, -0.2) is 0 Å². The second-order valence-electron chi connectivity index (χ2n) is 6.14. The Bertz CT molecular complexity index is 552. The molecule has 1 unspecified atom stereocenters. The molecule has 0 saturated heterocycles. The average molecular weight is 254 g/mol. The van der Waals surface area contributed by atoms with E-state index >= 15 is 0 Å². The maximum atomic E-state index is 2.41. The number of rotatable bonds is 1. The lowest BCUT2D eigenvalue weighted by Gasteiger charge is -2.27. The molecule has 19 heavy (non-hydrogen) atoms. The van der Waals surface area contributed by atoms with Gasteiger partial charge in [0.25, 0.3) is 0 Å². The topological polar surface area (TPSA) is 0 Å². The highest BCUT2D eigenvalue weighted by Gasteiger charge is 2.22. The summed E-state index contributed by atoms with van der Waals surface area (Å²) in [5.74, 6) is 0.498. The monoisotopic (exact) mass is 254 g/mol. The Morgan fingerprint density at radius 2 is 1.68 bits per heavy atom. The number of hydrogen-bond donors (Lipinski definition) is 0. The lowest BCUT2D eigenvalue weighted by molar-refractivity contribution is 0.793. The summed E-state index contributed by atoms with van der Waals surface area (Å²) >= 11 is 0. The van der Waals surface area contributed by atoms with E-state index in [0.29, 0.717) is 5.92 Å². The molecule has 0 nitrogen and oxygen atoms in total. The summed E-state index contributed by atoms with van der Waals surface area (Å²) in [5, 5.41) is 0. The Hall–Kier alpha value is -1.30. The molecular formula is C19H26. The third-order valence-corrected chi connectivity index (χ3v) is 4.65. The minimum Gasteiger partial charge on any atom is -0.0873 e. The fraction of sp³-hybridized carbons (Fsp3) is 0.474. The summed E-state index contributed by atoms with van der Waals surface area (Å²) in [5.41, 5.74) is 10.4. The van der Waals surface area contributed by atoms with Crippen molar-refractivity contribution in [1.29, 1.82) is 0 Å². The first-order chi connectivity index (χ1) is 8.93. The van der Waals surface area contributed by atoms with Gasteiger partial charge < -0.3 is 0 Å². The predicted molar refractivity (Wildman–Crippen MR) is 84.9 cm³/mol. The van der Waals surface area contributed by atoms with Crippen molar-refractivity contribution < 1.29 is 0 Å². The number of benzene rings is 1. The summed E-state index contributed by atoms with van der Waals surface area (Å²) in [6, 6.07) is 2.35. The Kier molecular flexibility index (Phi) is 3.99. The first-order valence-electron chi connectivity index (χ1n) is 7.33. The molecule has 0 heterocycles. The third kappa shape index (κ3) is 2.54. The highest BCUT2D eigenvalue weighted by Crippen LogP contribution is 2.39. The highest BCUT2D eigenvalue weighted by atomic mass is 14.3. The molecule has 0 bridgehead atoms. The molecule has 1 atom stereocenters. The van der Waals surface area contributed by atoms with Crippen molar-refractivity contribution in [3.63, 3.8) is 0 Å². The molecule has 1 aliphatic carbocycles. The standard InChI is InChI=1S/C19H26/c1-12(2)17-9-7-8-10-18(17)19-14(4)11-13(3)15(5)16(19)6/h8,10-11,18H,7,9H2,1-6H3. The molecule has 0 heteroatoms. The first-order valence-corrected chi connectivity index (χ1v) is 7.33. The summed E-state index contributed by atoms with van der Waals surface area (Å²) in [6.45, 7) is 13.5. The van der Waals surface area contributed by atoms with Crippen molar-refractivity contribution in [3.05, 3.63) is 57.2 Å². The van der Waals surface area contributed by atoms with E-state index < -0.39 is 0 Å². The van der Waals surface area contributed by atoms with Crippen LogP contribution >= 0.6 is 0 Å². The summed E-state index contributed by atoms with van der Waals surface area (Å²) in [6.07, 6.45) is 7.18. The van der Waals surface area contributed by atoms with Crippen LogP contribution in [-0.2, 0) is 0 Å². The van der Waals surface area contributed by atoms with E-state index in [1.54, 1.807) is 5.57 Å². The number of aryl methyl sites for hydroxylation is 2. The predicted octanol–water partition coefficient (Wildman–Crippen LogP) is 5.69. The van der Waals surface area contributed by atoms with Crippen molar-refractivity contribution in [3.8, 4) is 0 Å². The van der Waals surface area contributed by atoms with E-state index in [-0.39, 0.29) is 0 Å². The molecule has 0 aromatic heterocycles. The molecule has 1 aromatic carbocycles. The van der Waals surface area contributed by atoms with Crippen LogP contribution in [0.5, 0.6) is 0 Å². The van der Waals surface area contributed by atoms with Gasteiger partial charge in [-0.2, -0.15) is 0 Å². The minimum atomic E-state index is 0.498. The van der Waals surface area contributed by atoms with Crippen LogP contribution in [0.4, 0.5) is 0 Å². The van der Waals surface area contributed by atoms with Crippen LogP contribution in [0.15, 0.2) is 29.4 Å². The number of hydrogen-bond acceptors (Lipinski definition) is 0. The van der Waals surface area contributed by atoms with Crippen LogP contribution in [0.3, 0.4) is 0 Å². The van der Waals surface area contributed by atoms with E-state index in [4.69, 9.17) is 0 Å². The quantitative estimate of drug-likeness (QED) is 0.565. The summed E-state index contributed by atoms with van der Waals surface area (Å²) < 4.78 is 0. The minimum absolute atomic E-state index is 0.498. The zero-order valence-corrected chi connectivity index (χ0v) is 13.2. The smallest absolute Gasteiger partial charge is 0.0236 e. The maximum Gasteiger partial charge on any atom is 0.0236 e. The Morgan fingerprint density at radius 1 is 1.00 bits per heavy atom. The van der Waals surface area contributed by atoms with E-state index in [9.17, 15) is 0 Å². The second-order valence-corrected chi connectivity index (χ2v) is 6.14. The van der Waals surface area contributed by atoms with Gasteiger partial charge in [-0.15, -0.1) is 0 Å². The van der Waals surface area contributed by atoms with Gasteiger partial charge in [0.1, 0.15) is 0 Å². The zero-order valence-electron chi connectivity index (χ0n) is 13.2. The van der Waals surface area contributed by atoms with Crippen molar-refractivity contribution >= 4 is 0 Å². The van der Waals surface area contributed by atoms with Crippen molar-refractivity contribution in [2.24, 2.45) is 0 Å². The molecule has 0 saturated carbocycles. The molecule has 0 fully saturated rings. The molecule has 0 aliphatic heterocycles. The molecule has 0 spiro atoms. The first kappa shape index (κ1) is 14.1. The number of allylic oxidation sites excluding steroid dienone is 4. The molecule has 102 valence electrons. The van der Waals surface area contributed by atoms with E-state index in [0.717, 1.165) is 0 Å². The van der Waals surface area contributed by atoms with Gasteiger partial charge in [0.15, 0.2) is 0 Å². The van der Waals surface area contributed by atoms with Gasteiger partial charge in [0.05, 0.1) is 0 Å².